The second-order valence-electron chi connectivity index (χ2n) is 5.76. The number of nitrogens with one attached hydrogen (secondary N) is 2. The van der Waals surface area contributed by atoms with Crippen molar-refractivity contribution in [3.05, 3.63) is 30.3 Å². The Hall–Kier alpha value is -1.75. The molecule has 22 heavy (non-hydrogen) atoms. The highest BCUT2D eigenvalue weighted by molar-refractivity contribution is 5.73. The van der Waals surface area contributed by atoms with Gasteiger partial charge in [0.1, 0.15) is 12.4 Å². The Morgan fingerprint density at radius 1 is 1.18 bits per heavy atom. The molecule has 5 nitrogen and oxygen atoms in total. The van der Waals surface area contributed by atoms with Gasteiger partial charge < -0.3 is 20.5 Å². The number of hydrogen-bond donors (Lipinski definition) is 3. The molecule has 1 aromatic carbocycles. The Morgan fingerprint density at radius 2 is 1.91 bits per heavy atom. The molecule has 1 saturated carbocycles. The van der Waals surface area contributed by atoms with Crippen LogP contribution in [0.3, 0.4) is 0 Å². The van der Waals surface area contributed by atoms with Crippen LogP contribution in [0.4, 0.5) is 4.79 Å². The summed E-state index contributed by atoms with van der Waals surface area (Å²) in [6.07, 6.45) is 5.32. The topological polar surface area (TPSA) is 70.6 Å². The average Bonchev–Trinajstić information content (AvgIpc) is 2.58. The minimum absolute atomic E-state index is 0.258. The predicted molar refractivity (Wildman–Crippen MR) is 85.9 cm³/mol. The van der Waals surface area contributed by atoms with Gasteiger partial charge in [0.05, 0.1) is 12.6 Å². The molecular formula is C17H26N2O3. The number of urea groups is 1. The predicted octanol–water partition coefficient (Wildman–Crippen LogP) is 2.31. The lowest BCUT2D eigenvalue weighted by Crippen LogP contribution is -2.43. The minimum atomic E-state index is -0.438. The van der Waals surface area contributed by atoms with E-state index >= 15 is 0 Å². The van der Waals surface area contributed by atoms with Gasteiger partial charge in [-0.25, -0.2) is 4.79 Å². The van der Waals surface area contributed by atoms with Gasteiger partial charge in [0, 0.05) is 6.54 Å². The summed E-state index contributed by atoms with van der Waals surface area (Å²) in [5.41, 5.74) is 0. The van der Waals surface area contributed by atoms with Crippen molar-refractivity contribution in [3.63, 3.8) is 0 Å². The zero-order chi connectivity index (χ0) is 15.6. The maximum absolute atomic E-state index is 11.7. The van der Waals surface area contributed by atoms with Crippen molar-refractivity contribution in [2.75, 3.05) is 19.7 Å². The molecule has 0 aromatic heterocycles. The van der Waals surface area contributed by atoms with Gasteiger partial charge in [-0.05, 0) is 30.9 Å². The van der Waals surface area contributed by atoms with Gasteiger partial charge >= 0.3 is 6.03 Å². The zero-order valence-electron chi connectivity index (χ0n) is 13.0. The summed E-state index contributed by atoms with van der Waals surface area (Å²) < 4.78 is 5.49. The second kappa shape index (κ2) is 9.30. The van der Waals surface area contributed by atoms with E-state index in [9.17, 15) is 9.90 Å². The molecule has 0 heterocycles. The lowest BCUT2D eigenvalue weighted by atomic mass is 9.85. The first-order chi connectivity index (χ1) is 10.8. The quantitative estimate of drug-likeness (QED) is 0.677. The van der Waals surface area contributed by atoms with Gasteiger partial charge in [0.25, 0.3) is 0 Å². The average molecular weight is 306 g/mol. The van der Waals surface area contributed by atoms with Crippen molar-refractivity contribution in [1.82, 2.24) is 10.6 Å². The highest BCUT2D eigenvalue weighted by Gasteiger charge is 2.21. The molecule has 0 bridgehead atoms. The summed E-state index contributed by atoms with van der Waals surface area (Å²) >= 11 is 0. The van der Waals surface area contributed by atoms with Crippen molar-refractivity contribution >= 4 is 6.03 Å². The van der Waals surface area contributed by atoms with Crippen LogP contribution in [0.1, 0.15) is 32.1 Å². The largest absolute Gasteiger partial charge is 0.492 e. The van der Waals surface area contributed by atoms with Gasteiger partial charge in [-0.15, -0.1) is 0 Å². The van der Waals surface area contributed by atoms with E-state index in [-0.39, 0.29) is 6.03 Å². The van der Waals surface area contributed by atoms with E-state index in [4.69, 9.17) is 4.74 Å². The molecule has 0 saturated heterocycles. The number of ether oxygens (including phenoxy) is 1. The highest BCUT2D eigenvalue weighted by Crippen LogP contribution is 2.26. The van der Waals surface area contributed by atoms with E-state index in [0.717, 1.165) is 18.6 Å². The first kappa shape index (κ1) is 16.6. The fraction of sp³-hybridized carbons (Fsp3) is 0.588. The monoisotopic (exact) mass is 306 g/mol. The van der Waals surface area contributed by atoms with E-state index in [0.29, 0.717) is 25.6 Å². The molecule has 1 aliphatic carbocycles. The number of rotatable bonds is 7. The van der Waals surface area contributed by atoms with Crippen molar-refractivity contribution in [2.45, 2.75) is 38.2 Å². The van der Waals surface area contributed by atoms with E-state index < -0.39 is 6.10 Å². The van der Waals surface area contributed by atoms with Crippen molar-refractivity contribution in [1.29, 1.82) is 0 Å². The lowest BCUT2D eigenvalue weighted by molar-refractivity contribution is 0.0858. The number of aliphatic hydroxyl groups excluding tert-OH is 1. The van der Waals surface area contributed by atoms with Gasteiger partial charge in [-0.2, -0.15) is 0 Å². The number of amides is 2. The number of benzene rings is 1. The Morgan fingerprint density at radius 3 is 2.64 bits per heavy atom. The van der Waals surface area contributed by atoms with Gasteiger partial charge in [-0.3, -0.25) is 0 Å². The first-order valence-corrected chi connectivity index (χ1v) is 8.13. The third kappa shape index (κ3) is 5.93. The van der Waals surface area contributed by atoms with Crippen molar-refractivity contribution < 1.29 is 14.6 Å². The number of hydrogen-bond acceptors (Lipinski definition) is 3. The maximum Gasteiger partial charge on any atom is 0.315 e. The van der Waals surface area contributed by atoms with Crippen LogP contribution in [0.5, 0.6) is 5.75 Å². The minimum Gasteiger partial charge on any atom is -0.492 e. The van der Waals surface area contributed by atoms with Crippen LogP contribution in [0.15, 0.2) is 30.3 Å². The molecule has 0 spiro atoms. The van der Waals surface area contributed by atoms with Gasteiger partial charge in [0.15, 0.2) is 0 Å². The Balaban J connectivity index is 1.54. The lowest BCUT2D eigenvalue weighted by Gasteiger charge is -2.26. The van der Waals surface area contributed by atoms with Crippen LogP contribution in [0.25, 0.3) is 0 Å². The molecule has 5 heteroatoms. The van der Waals surface area contributed by atoms with Crippen LogP contribution in [-0.2, 0) is 0 Å². The standard InChI is InChI=1S/C17H26N2O3/c20-16(14-7-3-1-4-8-14)13-19-17(21)18-11-12-22-15-9-5-2-6-10-15/h2,5-6,9-10,14,16,20H,1,3-4,7-8,11-13H2,(H2,18,19,21)/t16-/m1/s1. The van der Waals surface area contributed by atoms with E-state index in [1.165, 1.54) is 19.3 Å². The molecule has 1 aliphatic rings. The Bertz CT molecular complexity index is 433. The SMILES string of the molecule is O=C(NCCOc1ccccc1)NC[C@@H](O)C1CCCCC1. The molecule has 2 amide bonds. The molecule has 0 aliphatic heterocycles. The Kier molecular flexibility index (Phi) is 7.03. The molecule has 1 atom stereocenters. The molecule has 1 aromatic rings. The number of carbonyl (C=O) groups is 1. The van der Waals surface area contributed by atoms with Crippen LogP contribution >= 0.6 is 0 Å². The molecule has 0 unspecified atom stereocenters. The highest BCUT2D eigenvalue weighted by atomic mass is 16.5. The van der Waals surface area contributed by atoms with E-state index in [1.54, 1.807) is 0 Å². The van der Waals surface area contributed by atoms with Crippen LogP contribution in [0.2, 0.25) is 0 Å². The van der Waals surface area contributed by atoms with Crippen LogP contribution in [0, 0.1) is 5.92 Å². The molecule has 122 valence electrons. The summed E-state index contributed by atoms with van der Waals surface area (Å²) in [7, 11) is 0. The smallest absolute Gasteiger partial charge is 0.315 e. The third-order valence-corrected chi connectivity index (χ3v) is 4.07. The summed E-state index contributed by atoms with van der Waals surface area (Å²) in [5, 5.41) is 15.5. The van der Waals surface area contributed by atoms with E-state index in [2.05, 4.69) is 10.6 Å². The zero-order valence-corrected chi connectivity index (χ0v) is 13.0. The fourth-order valence-corrected chi connectivity index (χ4v) is 2.80. The van der Waals surface area contributed by atoms with Crippen LogP contribution < -0.4 is 15.4 Å². The molecule has 3 N–H and O–H groups in total. The molecule has 1 fully saturated rings. The summed E-state index contributed by atoms with van der Waals surface area (Å²) in [5.74, 6) is 1.12. The molecule has 0 radical (unpaired) electrons. The molecule has 2 rings (SSSR count). The van der Waals surface area contributed by atoms with Gasteiger partial charge in [-0.1, -0.05) is 37.5 Å². The maximum atomic E-state index is 11.7. The molecular weight excluding hydrogens is 280 g/mol. The third-order valence-electron chi connectivity index (χ3n) is 4.07. The van der Waals surface area contributed by atoms with Crippen molar-refractivity contribution in [3.8, 4) is 5.75 Å². The summed E-state index contributed by atoms with van der Waals surface area (Å²) in [6, 6.07) is 9.23. The number of aliphatic hydroxyl groups is 1. The Labute approximate surface area is 132 Å². The number of para-hydroxylation sites is 1. The summed E-state index contributed by atoms with van der Waals surface area (Å²) in [6.45, 7) is 1.17. The second-order valence-corrected chi connectivity index (χ2v) is 5.76. The first-order valence-electron chi connectivity index (χ1n) is 8.13. The summed E-state index contributed by atoms with van der Waals surface area (Å²) in [4.78, 5) is 11.7. The van der Waals surface area contributed by atoms with Crippen molar-refractivity contribution in [2.24, 2.45) is 5.92 Å². The van der Waals surface area contributed by atoms with Crippen LogP contribution in [-0.4, -0.2) is 36.9 Å². The van der Waals surface area contributed by atoms with Gasteiger partial charge in [0.2, 0.25) is 0 Å². The normalized spacial score (nSPS) is 16.8. The van der Waals surface area contributed by atoms with E-state index in [1.807, 2.05) is 30.3 Å². The fourth-order valence-electron chi connectivity index (χ4n) is 2.80. The number of carbonyl (C=O) groups excluding carboxylic acids is 1.